The first-order valence-corrected chi connectivity index (χ1v) is 4.26. The normalized spacial score (nSPS) is 19.1. The molecule has 1 aromatic heterocycles. The summed E-state index contributed by atoms with van der Waals surface area (Å²) >= 11 is 0. The zero-order valence-corrected chi connectivity index (χ0v) is 7.70. The lowest BCUT2D eigenvalue weighted by atomic mass is 9.83. The van der Waals surface area contributed by atoms with Crippen LogP contribution < -0.4 is 4.74 Å². The number of hydrogen-bond donors (Lipinski definition) is 0. The molecule has 0 bridgehead atoms. The number of rotatable bonds is 0. The van der Waals surface area contributed by atoms with Crippen molar-refractivity contribution in [2.24, 2.45) is 0 Å². The summed E-state index contributed by atoms with van der Waals surface area (Å²) < 4.78 is 5.07. The van der Waals surface area contributed by atoms with Gasteiger partial charge < -0.3 is 4.74 Å². The number of nitrogens with zero attached hydrogens (tertiary/aromatic N) is 1. The maximum Gasteiger partial charge on any atom is 0.312 e. The van der Waals surface area contributed by atoms with E-state index >= 15 is 0 Å². The molecule has 0 N–H and O–H groups in total. The van der Waals surface area contributed by atoms with Crippen molar-refractivity contribution >= 4 is 5.97 Å². The van der Waals surface area contributed by atoms with Crippen molar-refractivity contribution in [3.63, 3.8) is 0 Å². The molecule has 0 aliphatic carbocycles. The number of carbonyl (C=O) groups excluding carboxylic acids is 1. The summed E-state index contributed by atoms with van der Waals surface area (Å²) in [6.07, 6.45) is 2.12. The molecular formula is C10H11NO2. The predicted octanol–water partition coefficient (Wildman–Crippen LogP) is 1.67. The van der Waals surface area contributed by atoms with Crippen molar-refractivity contribution in [2.75, 3.05) is 0 Å². The number of carbonyl (C=O) groups is 1. The molecule has 0 radical (unpaired) electrons. The van der Waals surface area contributed by atoms with Gasteiger partial charge in [0, 0.05) is 11.6 Å². The molecule has 0 saturated heterocycles. The maximum atomic E-state index is 11.2. The minimum absolute atomic E-state index is 0.175. The first-order chi connectivity index (χ1) is 6.09. The van der Waals surface area contributed by atoms with E-state index in [2.05, 4.69) is 4.98 Å². The van der Waals surface area contributed by atoms with Crippen LogP contribution in [0, 0.1) is 0 Å². The van der Waals surface area contributed by atoms with Gasteiger partial charge in [-0.25, -0.2) is 0 Å². The molecule has 0 amide bonds. The summed E-state index contributed by atoms with van der Waals surface area (Å²) in [6, 6.07) is 3.55. The van der Waals surface area contributed by atoms with Crippen LogP contribution in [0.4, 0.5) is 0 Å². The molecule has 3 nitrogen and oxygen atoms in total. The minimum atomic E-state index is -0.202. The van der Waals surface area contributed by atoms with Gasteiger partial charge in [-0.3, -0.25) is 9.78 Å². The molecular weight excluding hydrogens is 166 g/mol. The average Bonchev–Trinajstić information content (AvgIpc) is 2.02. The van der Waals surface area contributed by atoms with Crippen LogP contribution in [0.3, 0.4) is 0 Å². The fourth-order valence-electron chi connectivity index (χ4n) is 1.58. The molecule has 2 rings (SSSR count). The Hall–Kier alpha value is -1.38. The third kappa shape index (κ3) is 1.30. The number of aromatic nitrogens is 1. The zero-order chi connectivity index (χ0) is 9.47. The van der Waals surface area contributed by atoms with Crippen molar-refractivity contribution in [2.45, 2.75) is 25.7 Å². The van der Waals surface area contributed by atoms with Gasteiger partial charge in [0.05, 0.1) is 12.1 Å². The first kappa shape index (κ1) is 8.23. The van der Waals surface area contributed by atoms with Crippen molar-refractivity contribution < 1.29 is 9.53 Å². The van der Waals surface area contributed by atoms with E-state index in [1.807, 2.05) is 13.8 Å². The highest BCUT2D eigenvalue weighted by molar-refractivity contribution is 5.76. The predicted molar refractivity (Wildman–Crippen MR) is 47.5 cm³/mol. The van der Waals surface area contributed by atoms with Gasteiger partial charge in [-0.1, -0.05) is 13.8 Å². The summed E-state index contributed by atoms with van der Waals surface area (Å²) in [6.45, 7) is 4.00. The highest BCUT2D eigenvalue weighted by Crippen LogP contribution is 2.36. The molecule has 1 aliphatic rings. The van der Waals surface area contributed by atoms with Crippen LogP contribution in [-0.4, -0.2) is 11.0 Å². The lowest BCUT2D eigenvalue weighted by molar-refractivity contribution is -0.137. The lowest BCUT2D eigenvalue weighted by Gasteiger charge is -2.29. The molecule has 3 heteroatoms. The van der Waals surface area contributed by atoms with E-state index in [9.17, 15) is 4.79 Å². The highest BCUT2D eigenvalue weighted by atomic mass is 16.5. The Labute approximate surface area is 76.7 Å². The third-order valence-corrected chi connectivity index (χ3v) is 2.22. The smallest absolute Gasteiger partial charge is 0.312 e. The fraction of sp³-hybridized carbons (Fsp3) is 0.400. The summed E-state index contributed by atoms with van der Waals surface area (Å²) in [5.74, 6) is 0.425. The van der Waals surface area contributed by atoms with Crippen LogP contribution in [0.1, 0.15) is 26.0 Å². The summed E-state index contributed by atoms with van der Waals surface area (Å²) in [5, 5.41) is 0. The van der Waals surface area contributed by atoms with E-state index in [1.54, 1.807) is 18.3 Å². The number of esters is 1. The van der Waals surface area contributed by atoms with Crippen LogP contribution in [0.2, 0.25) is 0 Å². The van der Waals surface area contributed by atoms with E-state index in [0.29, 0.717) is 12.2 Å². The molecule has 0 fully saturated rings. The average molecular weight is 177 g/mol. The molecule has 0 unspecified atom stereocenters. The Balaban J connectivity index is 2.56. The number of pyridine rings is 1. The van der Waals surface area contributed by atoms with Gasteiger partial charge in [-0.2, -0.15) is 0 Å². The van der Waals surface area contributed by atoms with Crippen molar-refractivity contribution in [3.05, 3.63) is 24.0 Å². The van der Waals surface area contributed by atoms with Gasteiger partial charge in [0.1, 0.15) is 0 Å². The van der Waals surface area contributed by atoms with E-state index in [0.717, 1.165) is 5.69 Å². The van der Waals surface area contributed by atoms with Gasteiger partial charge in [0.2, 0.25) is 0 Å². The maximum absolute atomic E-state index is 11.2. The van der Waals surface area contributed by atoms with Gasteiger partial charge in [0.15, 0.2) is 5.75 Å². The Morgan fingerprint density at radius 3 is 3.08 bits per heavy atom. The standard InChI is InChI=1S/C10H11NO2/c1-10(2)6-8(12)13-7-4-3-5-11-9(7)10/h3-5H,6H2,1-2H3. The van der Waals surface area contributed by atoms with E-state index in [4.69, 9.17) is 4.74 Å². The zero-order valence-electron chi connectivity index (χ0n) is 7.70. The largest absolute Gasteiger partial charge is 0.425 e. The van der Waals surface area contributed by atoms with Gasteiger partial charge in [0.25, 0.3) is 0 Å². The molecule has 0 saturated carbocycles. The highest BCUT2D eigenvalue weighted by Gasteiger charge is 2.34. The second-order valence-electron chi connectivity index (χ2n) is 3.88. The molecule has 13 heavy (non-hydrogen) atoms. The van der Waals surface area contributed by atoms with Gasteiger partial charge >= 0.3 is 5.97 Å². The Kier molecular flexibility index (Phi) is 1.62. The molecule has 0 spiro atoms. The van der Waals surface area contributed by atoms with Crippen LogP contribution >= 0.6 is 0 Å². The van der Waals surface area contributed by atoms with E-state index < -0.39 is 0 Å². The fourth-order valence-corrected chi connectivity index (χ4v) is 1.58. The van der Waals surface area contributed by atoms with Crippen molar-refractivity contribution in [1.82, 2.24) is 4.98 Å². The molecule has 1 aliphatic heterocycles. The van der Waals surface area contributed by atoms with Crippen molar-refractivity contribution in [3.8, 4) is 5.75 Å². The minimum Gasteiger partial charge on any atom is -0.425 e. The quantitative estimate of drug-likeness (QED) is 0.566. The second-order valence-corrected chi connectivity index (χ2v) is 3.88. The molecule has 0 aromatic carbocycles. The van der Waals surface area contributed by atoms with Crippen LogP contribution in [0.15, 0.2) is 18.3 Å². The van der Waals surface area contributed by atoms with Gasteiger partial charge in [-0.15, -0.1) is 0 Å². The van der Waals surface area contributed by atoms with E-state index in [-0.39, 0.29) is 11.4 Å². The van der Waals surface area contributed by atoms with Crippen LogP contribution in [0.5, 0.6) is 5.75 Å². The topological polar surface area (TPSA) is 39.2 Å². The number of fused-ring (bicyclic) bond motifs is 1. The molecule has 0 atom stereocenters. The second kappa shape index (κ2) is 2.55. The third-order valence-electron chi connectivity index (χ3n) is 2.22. The Morgan fingerprint density at radius 2 is 2.31 bits per heavy atom. The van der Waals surface area contributed by atoms with Crippen LogP contribution in [-0.2, 0) is 10.2 Å². The summed E-state index contributed by atoms with van der Waals surface area (Å²) in [4.78, 5) is 15.4. The first-order valence-electron chi connectivity index (χ1n) is 4.26. The molecule has 2 heterocycles. The molecule has 1 aromatic rings. The SMILES string of the molecule is CC1(C)CC(=O)Oc2cccnc21. The molecule has 68 valence electrons. The number of hydrogen-bond acceptors (Lipinski definition) is 3. The monoisotopic (exact) mass is 177 g/mol. The number of ether oxygens (including phenoxy) is 1. The lowest BCUT2D eigenvalue weighted by Crippen LogP contribution is -2.31. The van der Waals surface area contributed by atoms with Crippen molar-refractivity contribution in [1.29, 1.82) is 0 Å². The summed E-state index contributed by atoms with van der Waals surface area (Å²) in [5.41, 5.74) is 0.668. The van der Waals surface area contributed by atoms with Crippen LogP contribution in [0.25, 0.3) is 0 Å². The van der Waals surface area contributed by atoms with E-state index in [1.165, 1.54) is 0 Å². The Morgan fingerprint density at radius 1 is 1.54 bits per heavy atom. The van der Waals surface area contributed by atoms with Gasteiger partial charge in [-0.05, 0) is 12.1 Å². The summed E-state index contributed by atoms with van der Waals surface area (Å²) in [7, 11) is 0. The Bertz CT molecular complexity index is 358.